The molecule has 1 rings (SSSR count). The van der Waals surface area contributed by atoms with Gasteiger partial charge in [0, 0.05) is 0 Å². The Labute approximate surface area is 98.0 Å². The summed E-state index contributed by atoms with van der Waals surface area (Å²) >= 11 is 0. The normalized spacial score (nSPS) is 9.54. The molecule has 0 saturated heterocycles. The average Bonchev–Trinajstić information content (AvgIpc) is 2.03. The smallest absolute Gasteiger partial charge is 0.545 e. The van der Waals surface area contributed by atoms with Gasteiger partial charge in [0.2, 0.25) is 0 Å². The number of aliphatic carboxylic acids is 1. The van der Waals surface area contributed by atoms with Crippen LogP contribution in [0.25, 0.3) is 6.08 Å². The van der Waals surface area contributed by atoms with Crippen LogP contribution in [-0.2, 0) is 4.79 Å². The van der Waals surface area contributed by atoms with Crippen LogP contribution in [0.15, 0.2) is 30.3 Å². The van der Waals surface area contributed by atoms with E-state index >= 15 is 0 Å². The third-order valence-corrected chi connectivity index (χ3v) is 1.30. The Morgan fingerprint density at radius 2 is 1.85 bits per heavy atom. The van der Waals surface area contributed by atoms with E-state index in [9.17, 15) is 9.90 Å². The molecule has 0 heterocycles. The first-order valence-electron chi connectivity index (χ1n) is 3.36. The van der Waals surface area contributed by atoms with Gasteiger partial charge in [-0.2, -0.15) is 0 Å². The Hall–Kier alpha value is -0.770. The number of hydrogen-bond donors (Lipinski definition) is 1. The maximum Gasteiger partial charge on any atom is 1.00 e. The first kappa shape index (κ1) is 12.2. The van der Waals surface area contributed by atoms with Gasteiger partial charge in [-0.05, 0) is 23.8 Å². The molecule has 0 aliphatic rings. The van der Waals surface area contributed by atoms with E-state index in [1.54, 1.807) is 12.1 Å². The van der Waals surface area contributed by atoms with Crippen LogP contribution < -0.4 is 34.7 Å². The number of phenolic OH excluding ortho intramolecular Hbond substituents is 1. The second kappa shape index (κ2) is 5.80. The molecule has 0 radical (unpaired) electrons. The van der Waals surface area contributed by atoms with Gasteiger partial charge in [-0.25, -0.2) is 0 Å². The van der Waals surface area contributed by atoms with E-state index in [0.29, 0.717) is 5.56 Å². The second-order valence-corrected chi connectivity index (χ2v) is 2.24. The van der Waals surface area contributed by atoms with E-state index in [-0.39, 0.29) is 35.3 Å². The molecule has 62 valence electrons. The first-order valence-corrected chi connectivity index (χ1v) is 3.36. The minimum atomic E-state index is -1.23. The third-order valence-electron chi connectivity index (χ3n) is 1.30. The second-order valence-electron chi connectivity index (χ2n) is 2.24. The molecule has 0 amide bonds. The zero-order valence-electron chi connectivity index (χ0n) is 7.23. The predicted octanol–water partition coefficient (Wildman–Crippen LogP) is -2.84. The van der Waals surface area contributed by atoms with Gasteiger partial charge in [-0.1, -0.05) is 18.2 Å². The quantitative estimate of drug-likeness (QED) is 0.400. The minimum Gasteiger partial charge on any atom is -0.545 e. The monoisotopic (exact) mass is 186 g/mol. The molecule has 0 aliphatic carbocycles. The summed E-state index contributed by atoms with van der Waals surface area (Å²) in [6.07, 6.45) is 2.33. The van der Waals surface area contributed by atoms with Crippen LogP contribution >= 0.6 is 0 Å². The van der Waals surface area contributed by atoms with Gasteiger partial charge < -0.3 is 15.0 Å². The summed E-state index contributed by atoms with van der Waals surface area (Å²) in [5.41, 5.74) is 0.706. The van der Waals surface area contributed by atoms with Gasteiger partial charge >= 0.3 is 29.6 Å². The van der Waals surface area contributed by atoms with Gasteiger partial charge in [0.15, 0.2) is 0 Å². The Morgan fingerprint density at radius 3 is 2.31 bits per heavy atom. The zero-order chi connectivity index (χ0) is 8.97. The minimum absolute atomic E-state index is 0. The van der Waals surface area contributed by atoms with E-state index in [4.69, 9.17) is 5.11 Å². The largest absolute Gasteiger partial charge is 1.00 e. The zero-order valence-corrected chi connectivity index (χ0v) is 9.23. The standard InChI is InChI=1S/C9H8O3.Na/c10-8-4-1-7(2-5-8)3-6-9(11)12;/h1-6,10H,(H,11,12);/q;+1/p-1. The van der Waals surface area contributed by atoms with Crippen molar-refractivity contribution in [2.24, 2.45) is 0 Å². The molecule has 0 unspecified atom stereocenters. The maximum absolute atomic E-state index is 9.99. The number of carbonyl (C=O) groups is 1. The van der Waals surface area contributed by atoms with Crippen LogP contribution in [0.5, 0.6) is 5.75 Å². The fourth-order valence-electron chi connectivity index (χ4n) is 0.750. The molecular formula is C9H7NaO3. The Balaban J connectivity index is 0.00000144. The number of benzene rings is 1. The van der Waals surface area contributed by atoms with E-state index in [1.807, 2.05) is 0 Å². The van der Waals surface area contributed by atoms with E-state index in [1.165, 1.54) is 18.2 Å². The summed E-state index contributed by atoms with van der Waals surface area (Å²) in [5, 5.41) is 18.9. The van der Waals surface area contributed by atoms with Crippen molar-refractivity contribution >= 4 is 12.0 Å². The van der Waals surface area contributed by atoms with Gasteiger partial charge in [-0.15, -0.1) is 0 Å². The van der Waals surface area contributed by atoms with Crippen LogP contribution in [-0.4, -0.2) is 11.1 Å². The average molecular weight is 186 g/mol. The number of carboxylic acid groups (broad SMARTS) is 1. The van der Waals surface area contributed by atoms with E-state index < -0.39 is 5.97 Å². The van der Waals surface area contributed by atoms with Gasteiger partial charge in [0.1, 0.15) is 5.75 Å². The molecule has 0 saturated carbocycles. The van der Waals surface area contributed by atoms with Crippen molar-refractivity contribution in [3.8, 4) is 5.75 Å². The number of carbonyl (C=O) groups excluding carboxylic acids is 1. The SMILES string of the molecule is O=C([O-])C=Cc1ccc(O)cc1.[Na+]. The molecule has 13 heavy (non-hydrogen) atoms. The van der Waals surface area contributed by atoms with Crippen molar-refractivity contribution in [2.75, 3.05) is 0 Å². The summed E-state index contributed by atoms with van der Waals surface area (Å²) in [6, 6.07) is 6.17. The molecule has 0 aromatic heterocycles. The number of hydrogen-bond acceptors (Lipinski definition) is 3. The summed E-state index contributed by atoms with van der Waals surface area (Å²) < 4.78 is 0. The molecular weight excluding hydrogens is 179 g/mol. The first-order chi connectivity index (χ1) is 5.68. The number of carboxylic acids is 1. The van der Waals surface area contributed by atoms with Crippen LogP contribution in [0, 0.1) is 0 Å². The number of phenols is 1. The summed E-state index contributed by atoms with van der Waals surface area (Å²) in [5.74, 6) is -1.08. The molecule has 1 N–H and O–H groups in total. The molecule has 3 nitrogen and oxygen atoms in total. The van der Waals surface area contributed by atoms with E-state index in [2.05, 4.69) is 0 Å². The Kier molecular flexibility index (Phi) is 5.46. The van der Waals surface area contributed by atoms with Crippen molar-refractivity contribution in [1.82, 2.24) is 0 Å². The molecule has 4 heteroatoms. The number of rotatable bonds is 2. The molecule has 0 atom stereocenters. The molecule has 0 fully saturated rings. The fraction of sp³-hybridized carbons (Fsp3) is 0. The van der Waals surface area contributed by atoms with Crippen LogP contribution in [0.3, 0.4) is 0 Å². The van der Waals surface area contributed by atoms with Gasteiger partial charge in [-0.3, -0.25) is 0 Å². The van der Waals surface area contributed by atoms with E-state index in [0.717, 1.165) is 6.08 Å². The number of aromatic hydroxyl groups is 1. The maximum atomic E-state index is 9.99. The topological polar surface area (TPSA) is 60.4 Å². The van der Waals surface area contributed by atoms with Crippen LogP contribution in [0.4, 0.5) is 0 Å². The van der Waals surface area contributed by atoms with Crippen LogP contribution in [0.1, 0.15) is 5.56 Å². The third kappa shape index (κ3) is 4.72. The molecule has 1 aromatic rings. The van der Waals surface area contributed by atoms with Crippen molar-refractivity contribution in [3.63, 3.8) is 0 Å². The van der Waals surface area contributed by atoms with Crippen molar-refractivity contribution in [2.45, 2.75) is 0 Å². The summed E-state index contributed by atoms with van der Waals surface area (Å²) in [4.78, 5) is 9.99. The molecule has 1 aromatic carbocycles. The molecule has 0 bridgehead atoms. The summed E-state index contributed by atoms with van der Waals surface area (Å²) in [6.45, 7) is 0. The van der Waals surface area contributed by atoms with Gasteiger partial charge in [0.05, 0.1) is 5.97 Å². The predicted molar refractivity (Wildman–Crippen MR) is 42.1 cm³/mol. The van der Waals surface area contributed by atoms with Crippen molar-refractivity contribution in [1.29, 1.82) is 0 Å². The Morgan fingerprint density at radius 1 is 1.31 bits per heavy atom. The molecule has 0 aliphatic heterocycles. The van der Waals surface area contributed by atoms with Crippen molar-refractivity contribution in [3.05, 3.63) is 35.9 Å². The Bertz CT molecular complexity index is 303. The van der Waals surface area contributed by atoms with Crippen LogP contribution in [0.2, 0.25) is 0 Å². The van der Waals surface area contributed by atoms with Crippen molar-refractivity contribution < 1.29 is 44.6 Å². The summed E-state index contributed by atoms with van der Waals surface area (Å²) in [7, 11) is 0. The fourth-order valence-corrected chi connectivity index (χ4v) is 0.750. The molecule has 0 spiro atoms. The van der Waals surface area contributed by atoms with Gasteiger partial charge in [0.25, 0.3) is 0 Å².